The van der Waals surface area contributed by atoms with Gasteiger partial charge in [-0.1, -0.05) is 39.7 Å². The molecule has 0 aliphatic carbocycles. The van der Waals surface area contributed by atoms with Gasteiger partial charge in [-0.15, -0.1) is 0 Å². The highest BCUT2D eigenvalue weighted by Crippen LogP contribution is 2.25. The van der Waals surface area contributed by atoms with Crippen LogP contribution in [0.5, 0.6) is 5.75 Å². The molecule has 0 aliphatic rings. The Bertz CT molecular complexity index is 647. The van der Waals surface area contributed by atoms with E-state index in [0.29, 0.717) is 17.7 Å². The zero-order valence-electron chi connectivity index (χ0n) is 11.9. The van der Waals surface area contributed by atoms with Crippen LogP contribution in [0, 0.1) is 13.8 Å². The zero-order chi connectivity index (χ0) is 14.7. The van der Waals surface area contributed by atoms with E-state index >= 15 is 0 Å². The fraction of sp³-hybridized carbons (Fsp3) is 0.235. The summed E-state index contributed by atoms with van der Waals surface area (Å²) < 4.78 is 6.15. The molecule has 20 heavy (non-hydrogen) atoms. The van der Waals surface area contributed by atoms with Crippen LogP contribution >= 0.6 is 15.9 Å². The molecule has 0 bridgehead atoms. The molecule has 0 aromatic heterocycles. The van der Waals surface area contributed by atoms with Gasteiger partial charge < -0.3 is 4.74 Å². The number of rotatable bonds is 4. The van der Waals surface area contributed by atoms with Gasteiger partial charge in [0.15, 0.2) is 5.78 Å². The Morgan fingerprint density at radius 3 is 2.60 bits per heavy atom. The van der Waals surface area contributed by atoms with E-state index in [1.807, 2.05) is 26.0 Å². The first-order chi connectivity index (χ1) is 9.51. The smallest absolute Gasteiger partial charge is 0.171 e. The van der Waals surface area contributed by atoms with Crippen LogP contribution in [0.15, 0.2) is 40.9 Å². The van der Waals surface area contributed by atoms with Crippen LogP contribution in [0.1, 0.15) is 27.0 Å². The second-order valence-electron chi connectivity index (χ2n) is 4.87. The second-order valence-corrected chi connectivity index (χ2v) is 5.79. The van der Waals surface area contributed by atoms with E-state index in [-0.39, 0.29) is 5.78 Å². The monoisotopic (exact) mass is 332 g/mol. The first-order valence-electron chi connectivity index (χ1n) is 6.44. The van der Waals surface area contributed by atoms with Crippen LogP contribution in [0.2, 0.25) is 0 Å². The van der Waals surface area contributed by atoms with Crippen molar-refractivity contribution in [2.24, 2.45) is 0 Å². The van der Waals surface area contributed by atoms with Crippen molar-refractivity contribution in [3.05, 3.63) is 63.1 Å². The van der Waals surface area contributed by atoms with Gasteiger partial charge in [0.05, 0.1) is 12.7 Å². The maximum absolute atomic E-state index is 12.5. The maximum Gasteiger partial charge on any atom is 0.171 e. The van der Waals surface area contributed by atoms with Crippen molar-refractivity contribution in [3.63, 3.8) is 0 Å². The van der Waals surface area contributed by atoms with Crippen molar-refractivity contribution in [1.82, 2.24) is 0 Å². The van der Waals surface area contributed by atoms with Gasteiger partial charge in [-0.25, -0.2) is 0 Å². The molecule has 2 aromatic rings. The number of hydrogen-bond acceptors (Lipinski definition) is 2. The molecule has 0 saturated heterocycles. The Morgan fingerprint density at radius 2 is 1.90 bits per heavy atom. The average Bonchev–Trinajstić information content (AvgIpc) is 2.42. The Balaban J connectivity index is 2.32. The van der Waals surface area contributed by atoms with Gasteiger partial charge in [-0.2, -0.15) is 0 Å². The standard InChI is InChI=1S/C17H17BrO2/c1-11-4-5-12(2)13(8-11)9-16(19)15-10-14(18)6-7-17(15)20-3/h4-8,10H,9H2,1-3H3. The Labute approximate surface area is 127 Å². The van der Waals surface area contributed by atoms with Gasteiger partial charge in [-0.05, 0) is 43.2 Å². The summed E-state index contributed by atoms with van der Waals surface area (Å²) in [5.41, 5.74) is 3.98. The van der Waals surface area contributed by atoms with Crippen molar-refractivity contribution in [2.75, 3.05) is 7.11 Å². The Morgan fingerprint density at radius 1 is 1.15 bits per heavy atom. The Hall–Kier alpha value is -1.61. The van der Waals surface area contributed by atoms with E-state index in [0.717, 1.165) is 15.6 Å². The summed E-state index contributed by atoms with van der Waals surface area (Å²) in [5, 5.41) is 0. The number of carbonyl (C=O) groups excluding carboxylic acids is 1. The SMILES string of the molecule is COc1ccc(Br)cc1C(=O)Cc1cc(C)ccc1C. The van der Waals surface area contributed by atoms with Crippen molar-refractivity contribution >= 4 is 21.7 Å². The lowest BCUT2D eigenvalue weighted by Crippen LogP contribution is -2.07. The number of Topliss-reactive ketones (excluding diaryl/α,β-unsaturated/α-hetero) is 1. The van der Waals surface area contributed by atoms with Crippen LogP contribution in [-0.4, -0.2) is 12.9 Å². The predicted octanol–water partition coefficient (Wildman–Crippen LogP) is 4.50. The third kappa shape index (κ3) is 3.28. The zero-order valence-corrected chi connectivity index (χ0v) is 13.5. The number of hydrogen-bond donors (Lipinski definition) is 0. The maximum atomic E-state index is 12.5. The average molecular weight is 333 g/mol. The molecule has 0 unspecified atom stereocenters. The lowest BCUT2D eigenvalue weighted by molar-refractivity contribution is 0.0990. The minimum absolute atomic E-state index is 0.0665. The van der Waals surface area contributed by atoms with Gasteiger partial charge in [0, 0.05) is 10.9 Å². The van der Waals surface area contributed by atoms with Gasteiger partial charge in [-0.3, -0.25) is 4.79 Å². The second kappa shape index (κ2) is 6.23. The number of halogens is 1. The van der Waals surface area contributed by atoms with Gasteiger partial charge in [0.1, 0.15) is 5.75 Å². The first-order valence-corrected chi connectivity index (χ1v) is 7.23. The summed E-state index contributed by atoms with van der Waals surface area (Å²) in [5.74, 6) is 0.681. The first kappa shape index (κ1) is 14.8. The predicted molar refractivity (Wildman–Crippen MR) is 84.6 cm³/mol. The molecule has 2 rings (SSSR count). The highest BCUT2D eigenvalue weighted by molar-refractivity contribution is 9.10. The fourth-order valence-corrected chi connectivity index (χ4v) is 2.52. The molecule has 2 nitrogen and oxygen atoms in total. The largest absolute Gasteiger partial charge is 0.496 e. The quantitative estimate of drug-likeness (QED) is 0.770. The van der Waals surface area contributed by atoms with E-state index in [1.54, 1.807) is 13.2 Å². The molecule has 2 aromatic carbocycles. The summed E-state index contributed by atoms with van der Waals surface area (Å²) in [6, 6.07) is 11.7. The molecular weight excluding hydrogens is 316 g/mol. The molecule has 0 heterocycles. The highest BCUT2D eigenvalue weighted by atomic mass is 79.9. The van der Waals surface area contributed by atoms with Crippen LogP contribution in [0.25, 0.3) is 0 Å². The lowest BCUT2D eigenvalue weighted by atomic mass is 9.97. The highest BCUT2D eigenvalue weighted by Gasteiger charge is 2.14. The molecule has 0 amide bonds. The van der Waals surface area contributed by atoms with E-state index in [2.05, 4.69) is 34.1 Å². The van der Waals surface area contributed by atoms with Crippen LogP contribution in [0.4, 0.5) is 0 Å². The third-order valence-corrected chi connectivity index (χ3v) is 3.81. The molecule has 0 spiro atoms. The van der Waals surface area contributed by atoms with Crippen LogP contribution in [0.3, 0.4) is 0 Å². The molecule has 0 radical (unpaired) electrons. The van der Waals surface area contributed by atoms with E-state index in [9.17, 15) is 4.79 Å². The molecule has 0 atom stereocenters. The van der Waals surface area contributed by atoms with Gasteiger partial charge >= 0.3 is 0 Å². The number of aryl methyl sites for hydroxylation is 2. The van der Waals surface area contributed by atoms with Crippen molar-refractivity contribution in [2.45, 2.75) is 20.3 Å². The molecular formula is C17H17BrO2. The topological polar surface area (TPSA) is 26.3 Å². The fourth-order valence-electron chi connectivity index (χ4n) is 2.16. The minimum Gasteiger partial charge on any atom is -0.496 e. The summed E-state index contributed by atoms with van der Waals surface area (Å²) in [7, 11) is 1.58. The van der Waals surface area contributed by atoms with Crippen molar-refractivity contribution < 1.29 is 9.53 Å². The number of benzene rings is 2. The van der Waals surface area contributed by atoms with Crippen molar-refractivity contribution in [1.29, 1.82) is 0 Å². The van der Waals surface area contributed by atoms with E-state index in [1.165, 1.54) is 5.56 Å². The van der Waals surface area contributed by atoms with E-state index in [4.69, 9.17) is 4.74 Å². The van der Waals surface area contributed by atoms with Gasteiger partial charge in [0.25, 0.3) is 0 Å². The molecule has 104 valence electrons. The summed E-state index contributed by atoms with van der Waals surface area (Å²) >= 11 is 3.40. The molecule has 0 fully saturated rings. The minimum atomic E-state index is 0.0665. The van der Waals surface area contributed by atoms with Crippen molar-refractivity contribution in [3.8, 4) is 5.75 Å². The molecule has 0 aliphatic heterocycles. The number of methoxy groups -OCH3 is 1. The van der Waals surface area contributed by atoms with Crippen LogP contribution < -0.4 is 4.74 Å². The van der Waals surface area contributed by atoms with Gasteiger partial charge in [0.2, 0.25) is 0 Å². The molecule has 3 heteroatoms. The lowest BCUT2D eigenvalue weighted by Gasteiger charge is -2.10. The molecule has 0 saturated carbocycles. The van der Waals surface area contributed by atoms with E-state index < -0.39 is 0 Å². The number of carbonyl (C=O) groups is 1. The summed E-state index contributed by atoms with van der Waals surface area (Å²) in [4.78, 5) is 12.5. The van der Waals surface area contributed by atoms with Crippen LogP contribution in [-0.2, 0) is 6.42 Å². The summed E-state index contributed by atoms with van der Waals surface area (Å²) in [6.07, 6.45) is 0.389. The number of ether oxygens (including phenoxy) is 1. The third-order valence-electron chi connectivity index (χ3n) is 3.32. The normalized spacial score (nSPS) is 10.4. The molecule has 0 N–H and O–H groups in total. The Kier molecular flexibility index (Phi) is 4.61. The number of ketones is 1. The summed E-state index contributed by atoms with van der Waals surface area (Å²) in [6.45, 7) is 4.06.